The van der Waals surface area contributed by atoms with Gasteiger partial charge >= 0.3 is 49.9 Å². The molecule has 6 heavy (non-hydrogen) atoms. The van der Waals surface area contributed by atoms with E-state index >= 15 is 0 Å². The second-order valence-corrected chi connectivity index (χ2v) is 2.21. The predicted molar refractivity (Wildman–Crippen MR) is 23.7 cm³/mol. The Morgan fingerprint density at radius 2 is 2.17 bits per heavy atom. The summed E-state index contributed by atoms with van der Waals surface area (Å²) in [6, 6.07) is 0. The number of hydrogen-bond donors (Lipinski definition) is 2. The quantitative estimate of drug-likeness (QED) is 0.549. The Morgan fingerprint density at radius 1 is 1.67 bits per heavy atom. The third-order valence-corrected chi connectivity index (χ3v) is 1.79. The van der Waals surface area contributed by atoms with Crippen molar-refractivity contribution in [2.75, 3.05) is 6.61 Å². The number of hydrogen-bond acceptors (Lipinski definition) is 2. The average molecular weight is 194 g/mol. The zero-order chi connectivity index (χ0) is 4.99. The molecule has 0 aromatic rings. The van der Waals surface area contributed by atoms with Gasteiger partial charge in [0.25, 0.3) is 0 Å². The van der Waals surface area contributed by atoms with E-state index in [4.69, 9.17) is 10.2 Å². The molecule has 2 N–H and O–H groups in total. The van der Waals surface area contributed by atoms with Crippen LogP contribution in [0.15, 0.2) is 0 Å². The molecule has 1 unspecified atom stereocenters. The van der Waals surface area contributed by atoms with Gasteiger partial charge in [-0.3, -0.25) is 0 Å². The molecular weight excluding hydrogens is 187 g/mol. The molecule has 0 radical (unpaired) electrons. The van der Waals surface area contributed by atoms with E-state index in [1.54, 1.807) is 0 Å². The standard InChI is InChI=1S/C3H7O2.Sn/c1-3(5)2-4;/h3-5H,1-2H2;/q;+3. The normalized spacial score (nSPS) is 14.7. The van der Waals surface area contributed by atoms with E-state index in [2.05, 4.69) is 0 Å². The SMILES string of the molecule is OCC(O)[CH2][Sn+3]. The van der Waals surface area contributed by atoms with Crippen LogP contribution in [0, 0.1) is 0 Å². The molecule has 2 nitrogen and oxygen atoms in total. The molecule has 3 heteroatoms. The van der Waals surface area contributed by atoms with Gasteiger partial charge in [-0.2, -0.15) is 0 Å². The van der Waals surface area contributed by atoms with Crippen LogP contribution in [0.3, 0.4) is 0 Å². The summed E-state index contributed by atoms with van der Waals surface area (Å²) < 4.78 is 0.725. The fraction of sp³-hybridized carbons (Fsp3) is 1.00. The molecule has 1 atom stereocenters. The molecule has 0 bridgehead atoms. The Hall–Kier alpha value is 0.719. The van der Waals surface area contributed by atoms with Crippen molar-refractivity contribution in [2.24, 2.45) is 0 Å². The van der Waals surface area contributed by atoms with E-state index in [1.807, 2.05) is 0 Å². The van der Waals surface area contributed by atoms with E-state index in [-0.39, 0.29) is 6.61 Å². The van der Waals surface area contributed by atoms with Crippen molar-refractivity contribution >= 4 is 22.5 Å². The van der Waals surface area contributed by atoms with Crippen molar-refractivity contribution in [3.63, 3.8) is 0 Å². The van der Waals surface area contributed by atoms with Crippen molar-refractivity contribution in [1.82, 2.24) is 0 Å². The van der Waals surface area contributed by atoms with Gasteiger partial charge in [0.2, 0.25) is 0 Å². The van der Waals surface area contributed by atoms with Gasteiger partial charge in [0, 0.05) is 0 Å². The summed E-state index contributed by atoms with van der Waals surface area (Å²) in [5, 5.41) is 16.5. The topological polar surface area (TPSA) is 40.5 Å². The molecular formula is C3H7O2Sn+3. The maximum absolute atomic E-state index is 8.44. The van der Waals surface area contributed by atoms with Gasteiger partial charge in [0.1, 0.15) is 0 Å². The minimum atomic E-state index is -0.469. The van der Waals surface area contributed by atoms with Crippen LogP contribution >= 0.6 is 0 Å². The van der Waals surface area contributed by atoms with Crippen LogP contribution in [-0.2, 0) is 0 Å². The minimum absolute atomic E-state index is 0.0921. The average Bonchev–Trinajstić information content (AvgIpc) is 1.65. The molecule has 0 saturated carbocycles. The van der Waals surface area contributed by atoms with Crippen molar-refractivity contribution in [3.05, 3.63) is 0 Å². The van der Waals surface area contributed by atoms with Crippen molar-refractivity contribution < 1.29 is 10.2 Å². The molecule has 0 aromatic carbocycles. The van der Waals surface area contributed by atoms with Crippen molar-refractivity contribution in [2.45, 2.75) is 10.5 Å². The predicted octanol–water partition coefficient (Wildman–Crippen LogP) is -1.07. The third kappa shape index (κ3) is 2.93. The van der Waals surface area contributed by atoms with Crippen molar-refractivity contribution in [1.29, 1.82) is 0 Å². The van der Waals surface area contributed by atoms with E-state index < -0.39 is 6.10 Å². The van der Waals surface area contributed by atoms with E-state index in [0.717, 1.165) is 4.44 Å². The third-order valence-electron chi connectivity index (χ3n) is 0.446. The maximum atomic E-state index is 8.44. The van der Waals surface area contributed by atoms with Gasteiger partial charge in [0.15, 0.2) is 0 Å². The first-order valence-corrected chi connectivity index (χ1v) is 3.76. The molecule has 0 aromatic heterocycles. The van der Waals surface area contributed by atoms with E-state index in [9.17, 15) is 0 Å². The zero-order valence-corrected chi connectivity index (χ0v) is 6.24. The Kier molecular flexibility index (Phi) is 4.36. The van der Waals surface area contributed by atoms with Gasteiger partial charge in [-0.05, 0) is 0 Å². The van der Waals surface area contributed by atoms with Gasteiger partial charge < -0.3 is 0 Å². The first-order chi connectivity index (χ1) is 2.81. The summed E-state index contributed by atoms with van der Waals surface area (Å²) in [5.41, 5.74) is 0. The first kappa shape index (κ1) is 6.72. The van der Waals surface area contributed by atoms with Crippen LogP contribution in [0.1, 0.15) is 0 Å². The number of aliphatic hydroxyl groups excluding tert-OH is 2. The summed E-state index contributed by atoms with van der Waals surface area (Å²) in [6.07, 6.45) is -0.469. The van der Waals surface area contributed by atoms with Crippen LogP contribution in [-0.4, -0.2) is 45.4 Å². The molecule has 0 aliphatic carbocycles. The monoisotopic (exact) mass is 195 g/mol. The Labute approximate surface area is 50.3 Å². The van der Waals surface area contributed by atoms with Crippen LogP contribution in [0.5, 0.6) is 0 Å². The van der Waals surface area contributed by atoms with E-state index in [0.29, 0.717) is 0 Å². The second kappa shape index (κ2) is 3.89. The summed E-state index contributed by atoms with van der Waals surface area (Å²) in [5.74, 6) is 0. The van der Waals surface area contributed by atoms with Crippen molar-refractivity contribution in [3.8, 4) is 0 Å². The van der Waals surface area contributed by atoms with E-state index in [1.165, 1.54) is 22.5 Å². The second-order valence-electron chi connectivity index (χ2n) is 1.04. The van der Waals surface area contributed by atoms with Gasteiger partial charge in [-0.1, -0.05) is 0 Å². The Morgan fingerprint density at radius 3 is 2.17 bits per heavy atom. The van der Waals surface area contributed by atoms with Gasteiger partial charge in [0.05, 0.1) is 0 Å². The summed E-state index contributed by atoms with van der Waals surface area (Å²) in [4.78, 5) is 0. The first-order valence-electron chi connectivity index (χ1n) is 1.74. The van der Waals surface area contributed by atoms with Crippen LogP contribution < -0.4 is 0 Å². The summed E-state index contributed by atoms with van der Waals surface area (Å²) in [6.45, 7) is -0.0921. The van der Waals surface area contributed by atoms with Gasteiger partial charge in [-0.25, -0.2) is 0 Å². The van der Waals surface area contributed by atoms with Crippen LogP contribution in [0.25, 0.3) is 0 Å². The van der Waals surface area contributed by atoms with Crippen LogP contribution in [0.4, 0.5) is 0 Å². The summed E-state index contributed by atoms with van der Waals surface area (Å²) >= 11 is 1.27. The number of aliphatic hydroxyl groups is 2. The molecule has 0 spiro atoms. The zero-order valence-electron chi connectivity index (χ0n) is 3.39. The molecule has 0 amide bonds. The Bertz CT molecular complexity index is 28.0. The molecule has 0 fully saturated rings. The number of rotatable bonds is 2. The molecule has 0 aliphatic rings. The Balaban J connectivity index is 2.75. The molecule has 0 aliphatic heterocycles. The van der Waals surface area contributed by atoms with Gasteiger partial charge in [-0.15, -0.1) is 0 Å². The molecule has 0 heterocycles. The van der Waals surface area contributed by atoms with Crippen LogP contribution in [0.2, 0.25) is 4.44 Å². The molecule has 32 valence electrons. The fourth-order valence-electron chi connectivity index (χ4n) is 0.0645. The fourth-order valence-corrected chi connectivity index (χ4v) is 0.433. The summed E-state index contributed by atoms with van der Waals surface area (Å²) in [7, 11) is 0. The molecule has 0 saturated heterocycles. The molecule has 0 rings (SSSR count).